The van der Waals surface area contributed by atoms with Crippen molar-refractivity contribution in [3.05, 3.63) is 0 Å². The van der Waals surface area contributed by atoms with E-state index in [4.69, 9.17) is 42.6 Å². The molecule has 10 heteroatoms. The molecule has 0 aromatic heterocycles. The van der Waals surface area contributed by atoms with Gasteiger partial charge in [0.2, 0.25) is 0 Å². The molecule has 0 aromatic rings. The molecular weight excluding hydrogens is 328 g/mol. The van der Waals surface area contributed by atoms with Crippen LogP contribution in [-0.4, -0.2) is 92.6 Å². The van der Waals surface area contributed by atoms with Gasteiger partial charge in [-0.15, -0.1) is 0 Å². The summed E-state index contributed by atoms with van der Waals surface area (Å²) >= 11 is 0. The molecule has 24 heavy (non-hydrogen) atoms. The first-order valence-electron chi connectivity index (χ1n) is 7.28. The molecular formula is C14H26O10. The third-order valence-electron chi connectivity index (χ3n) is 3.09. The summed E-state index contributed by atoms with van der Waals surface area (Å²) in [5, 5.41) is 0. The molecule has 0 aliphatic carbocycles. The van der Waals surface area contributed by atoms with Gasteiger partial charge in [0.1, 0.15) is 39.4 Å². The molecule has 0 amide bonds. The maximum absolute atomic E-state index is 12.2. The van der Waals surface area contributed by atoms with Crippen LogP contribution in [0.2, 0.25) is 0 Å². The van der Waals surface area contributed by atoms with E-state index in [9.17, 15) is 4.79 Å². The highest BCUT2D eigenvalue weighted by atomic mass is 16.7. The highest BCUT2D eigenvalue weighted by molar-refractivity contribution is 5.77. The lowest BCUT2D eigenvalue weighted by molar-refractivity contribution is -0.264. The average Bonchev–Trinajstić information content (AvgIpc) is 2.58. The first-order chi connectivity index (χ1) is 11.7. The van der Waals surface area contributed by atoms with Gasteiger partial charge in [-0.05, 0) is 0 Å². The zero-order chi connectivity index (χ0) is 17.8. The van der Waals surface area contributed by atoms with Crippen LogP contribution in [0.5, 0.6) is 0 Å². The third-order valence-corrected chi connectivity index (χ3v) is 3.09. The predicted octanol–water partition coefficient (Wildman–Crippen LogP) is -0.500. The highest BCUT2D eigenvalue weighted by Crippen LogP contribution is 2.25. The lowest BCUT2D eigenvalue weighted by atomic mass is 9.99. The Morgan fingerprint density at radius 2 is 1.33 bits per heavy atom. The maximum atomic E-state index is 12.2. The lowest BCUT2D eigenvalue weighted by Gasteiger charge is -2.40. The Morgan fingerprint density at radius 3 is 1.92 bits per heavy atom. The first kappa shape index (κ1) is 21.2. The standard InChI is InChI=1S/C14H26O10/c1-16-6-20-5-10-11(21-7-17-2)12(22-8-18-3)13(14(15)24-10)23-9-19-4/h10-13H,5-9H2,1-4H3/t10?,11-,12-,13?/m1/s1. The molecule has 1 aliphatic rings. The number of hydrogen-bond donors (Lipinski definition) is 0. The van der Waals surface area contributed by atoms with Crippen molar-refractivity contribution in [2.45, 2.75) is 24.4 Å². The summed E-state index contributed by atoms with van der Waals surface area (Å²) in [4.78, 5) is 12.2. The summed E-state index contributed by atoms with van der Waals surface area (Å²) in [6.07, 6.45) is -3.21. The monoisotopic (exact) mass is 354 g/mol. The summed E-state index contributed by atoms with van der Waals surface area (Å²) in [6.45, 7) is -0.0550. The van der Waals surface area contributed by atoms with E-state index in [-0.39, 0.29) is 33.8 Å². The Hall–Kier alpha value is -0.850. The largest absolute Gasteiger partial charge is 0.455 e. The molecule has 0 saturated carbocycles. The summed E-state index contributed by atoms with van der Waals surface area (Å²) < 4.78 is 46.7. The van der Waals surface area contributed by atoms with Crippen LogP contribution in [0, 0.1) is 0 Å². The van der Waals surface area contributed by atoms with Gasteiger partial charge in [-0.25, -0.2) is 4.79 Å². The number of hydrogen-bond acceptors (Lipinski definition) is 10. The van der Waals surface area contributed by atoms with Crippen LogP contribution in [0.1, 0.15) is 0 Å². The maximum Gasteiger partial charge on any atom is 0.338 e. The Morgan fingerprint density at radius 1 is 0.792 bits per heavy atom. The van der Waals surface area contributed by atoms with Crippen molar-refractivity contribution in [1.82, 2.24) is 0 Å². The number of carbonyl (C=O) groups excluding carboxylic acids is 1. The fraction of sp³-hybridized carbons (Fsp3) is 0.929. The Labute approximate surface area is 141 Å². The number of cyclic esters (lactones) is 1. The molecule has 1 aliphatic heterocycles. The van der Waals surface area contributed by atoms with Crippen molar-refractivity contribution >= 4 is 5.97 Å². The Bertz CT molecular complexity index is 340. The van der Waals surface area contributed by atoms with Gasteiger partial charge in [0.15, 0.2) is 12.2 Å². The Balaban J connectivity index is 2.87. The first-order valence-corrected chi connectivity index (χ1v) is 7.28. The van der Waals surface area contributed by atoms with Gasteiger partial charge in [-0.3, -0.25) is 0 Å². The summed E-state index contributed by atoms with van der Waals surface area (Å²) in [5.41, 5.74) is 0. The molecule has 1 rings (SSSR count). The number of esters is 1. The zero-order valence-electron chi connectivity index (χ0n) is 14.4. The van der Waals surface area contributed by atoms with E-state index in [1.54, 1.807) is 0 Å². The van der Waals surface area contributed by atoms with Crippen molar-refractivity contribution in [3.63, 3.8) is 0 Å². The minimum atomic E-state index is -1.03. The van der Waals surface area contributed by atoms with Crippen LogP contribution in [0.15, 0.2) is 0 Å². The molecule has 0 aromatic carbocycles. The molecule has 1 saturated heterocycles. The number of ether oxygens (including phenoxy) is 9. The van der Waals surface area contributed by atoms with Gasteiger partial charge in [-0.2, -0.15) is 0 Å². The summed E-state index contributed by atoms with van der Waals surface area (Å²) in [7, 11) is 5.88. The summed E-state index contributed by atoms with van der Waals surface area (Å²) in [6, 6.07) is 0. The molecule has 10 nitrogen and oxygen atoms in total. The highest BCUT2D eigenvalue weighted by Gasteiger charge is 2.48. The van der Waals surface area contributed by atoms with E-state index in [1.165, 1.54) is 28.4 Å². The van der Waals surface area contributed by atoms with Crippen LogP contribution in [0.4, 0.5) is 0 Å². The van der Waals surface area contributed by atoms with Gasteiger partial charge in [0.25, 0.3) is 0 Å². The van der Waals surface area contributed by atoms with Crippen LogP contribution in [0.25, 0.3) is 0 Å². The van der Waals surface area contributed by atoms with Crippen molar-refractivity contribution in [3.8, 4) is 0 Å². The molecule has 4 atom stereocenters. The van der Waals surface area contributed by atoms with E-state index >= 15 is 0 Å². The van der Waals surface area contributed by atoms with E-state index < -0.39 is 30.4 Å². The molecule has 2 unspecified atom stereocenters. The Kier molecular flexibility index (Phi) is 11.0. The SMILES string of the molecule is COCOCC1OC(=O)C(OCOC)[C@H](OCOC)[C@@H]1OCOC. The van der Waals surface area contributed by atoms with Crippen LogP contribution >= 0.6 is 0 Å². The summed E-state index contributed by atoms with van der Waals surface area (Å²) in [5.74, 6) is -0.601. The lowest BCUT2D eigenvalue weighted by Crippen LogP contribution is -2.60. The molecule has 0 N–H and O–H groups in total. The van der Waals surface area contributed by atoms with Crippen molar-refractivity contribution in [2.75, 3.05) is 62.2 Å². The second-order valence-corrected chi connectivity index (χ2v) is 4.82. The van der Waals surface area contributed by atoms with E-state index in [0.717, 1.165) is 0 Å². The molecule has 0 radical (unpaired) electrons. The van der Waals surface area contributed by atoms with Crippen molar-refractivity contribution in [2.24, 2.45) is 0 Å². The molecule has 0 bridgehead atoms. The molecule has 0 spiro atoms. The van der Waals surface area contributed by atoms with Gasteiger partial charge in [0.05, 0.1) is 6.61 Å². The number of methoxy groups -OCH3 is 4. The van der Waals surface area contributed by atoms with E-state index in [1.807, 2.05) is 0 Å². The van der Waals surface area contributed by atoms with Crippen molar-refractivity contribution in [1.29, 1.82) is 0 Å². The molecule has 1 fully saturated rings. The van der Waals surface area contributed by atoms with Crippen LogP contribution in [-0.2, 0) is 47.4 Å². The van der Waals surface area contributed by atoms with Crippen LogP contribution < -0.4 is 0 Å². The van der Waals surface area contributed by atoms with Gasteiger partial charge in [-0.1, -0.05) is 0 Å². The normalized spacial score (nSPS) is 27.2. The minimum Gasteiger partial charge on any atom is -0.455 e. The van der Waals surface area contributed by atoms with E-state index in [0.29, 0.717) is 0 Å². The van der Waals surface area contributed by atoms with Crippen molar-refractivity contribution < 1.29 is 47.4 Å². The topological polar surface area (TPSA) is 100 Å². The smallest absolute Gasteiger partial charge is 0.338 e. The van der Waals surface area contributed by atoms with Gasteiger partial charge in [0, 0.05) is 28.4 Å². The number of carbonyl (C=O) groups is 1. The fourth-order valence-corrected chi connectivity index (χ4v) is 2.16. The number of rotatable bonds is 13. The fourth-order valence-electron chi connectivity index (χ4n) is 2.16. The molecule has 1 heterocycles. The third kappa shape index (κ3) is 6.57. The average molecular weight is 354 g/mol. The van der Waals surface area contributed by atoms with Gasteiger partial charge < -0.3 is 42.6 Å². The second-order valence-electron chi connectivity index (χ2n) is 4.82. The van der Waals surface area contributed by atoms with Gasteiger partial charge >= 0.3 is 5.97 Å². The second kappa shape index (κ2) is 12.5. The predicted molar refractivity (Wildman–Crippen MR) is 78.0 cm³/mol. The van der Waals surface area contributed by atoms with E-state index in [2.05, 4.69) is 0 Å². The van der Waals surface area contributed by atoms with Crippen LogP contribution in [0.3, 0.4) is 0 Å². The quantitative estimate of drug-likeness (QED) is 0.244. The minimum absolute atomic E-state index is 0.0210. The zero-order valence-corrected chi connectivity index (χ0v) is 14.4. The molecule has 142 valence electrons.